The van der Waals surface area contributed by atoms with Crippen LogP contribution in [0.3, 0.4) is 0 Å². The summed E-state index contributed by atoms with van der Waals surface area (Å²) >= 11 is 4.50. The molecule has 0 aromatic heterocycles. The van der Waals surface area contributed by atoms with Crippen molar-refractivity contribution in [3.05, 3.63) is 35.9 Å². The van der Waals surface area contributed by atoms with Crippen LogP contribution in [0.25, 0.3) is 0 Å². The van der Waals surface area contributed by atoms with Gasteiger partial charge >= 0.3 is 12.6 Å². The molecule has 2 nitrogen and oxygen atoms in total. The first-order chi connectivity index (χ1) is 11.1. The number of thiocarbonyl (C=S) groups is 1. The summed E-state index contributed by atoms with van der Waals surface area (Å²) in [6.45, 7) is 0. The molecule has 0 amide bonds. The van der Waals surface area contributed by atoms with Crippen molar-refractivity contribution in [2.24, 2.45) is 0 Å². The van der Waals surface area contributed by atoms with E-state index in [0.29, 0.717) is 31.2 Å². The molecule has 1 fully saturated rings. The van der Waals surface area contributed by atoms with E-state index < -0.39 is 28.2 Å². The van der Waals surface area contributed by atoms with Crippen molar-refractivity contribution in [2.45, 2.75) is 50.2 Å². The Morgan fingerprint density at radius 3 is 1.88 bits per heavy atom. The predicted molar refractivity (Wildman–Crippen MR) is 80.9 cm³/mol. The number of alkyl halides is 6. The lowest BCUT2D eigenvalue weighted by Gasteiger charge is -2.42. The molecule has 0 aliphatic heterocycles. The molecule has 1 N–H and O–H groups in total. The molecule has 1 aromatic carbocycles. The summed E-state index contributed by atoms with van der Waals surface area (Å²) in [5.41, 5.74) is -0.387. The van der Waals surface area contributed by atoms with E-state index in [1.54, 1.807) is 30.3 Å². The van der Waals surface area contributed by atoms with Crippen molar-refractivity contribution in [3.63, 3.8) is 0 Å². The van der Waals surface area contributed by atoms with Crippen LogP contribution in [0.15, 0.2) is 30.3 Å². The van der Waals surface area contributed by atoms with E-state index in [1.165, 1.54) is 0 Å². The summed E-state index contributed by atoms with van der Waals surface area (Å²) in [5, 5.41) is 1.00. The molecule has 0 unspecified atom stereocenters. The molecule has 2 rings (SSSR count). The van der Waals surface area contributed by atoms with Crippen LogP contribution >= 0.6 is 12.2 Å². The van der Waals surface area contributed by atoms with Gasteiger partial charge in [0.2, 0.25) is 0 Å². The van der Waals surface area contributed by atoms with Gasteiger partial charge in [-0.3, -0.25) is 0 Å². The highest BCUT2D eigenvalue weighted by atomic mass is 32.1. The lowest BCUT2D eigenvalue weighted by Crippen LogP contribution is -2.59. The van der Waals surface area contributed by atoms with Gasteiger partial charge in [-0.25, -0.2) is 0 Å². The van der Waals surface area contributed by atoms with Gasteiger partial charge < -0.3 is 5.32 Å². The Kier molecular flexibility index (Phi) is 5.31. The van der Waals surface area contributed by atoms with E-state index in [-0.39, 0.29) is 0 Å². The van der Waals surface area contributed by atoms with Gasteiger partial charge in [0.1, 0.15) is 0 Å². The number of halogens is 6. The highest BCUT2D eigenvalue weighted by Gasteiger charge is 2.56. The average Bonchev–Trinajstić information content (AvgIpc) is 2.46. The van der Waals surface area contributed by atoms with E-state index in [0.717, 1.165) is 6.42 Å². The van der Waals surface area contributed by atoms with Gasteiger partial charge in [-0.1, -0.05) is 49.6 Å². The van der Waals surface area contributed by atoms with Crippen molar-refractivity contribution in [2.75, 3.05) is 0 Å². The molecular formula is C15H16F6N2S. The van der Waals surface area contributed by atoms with Crippen molar-refractivity contribution in [1.29, 1.82) is 0 Å². The van der Waals surface area contributed by atoms with Crippen LogP contribution in [0.5, 0.6) is 0 Å². The zero-order valence-electron chi connectivity index (χ0n) is 12.5. The minimum Gasteiger partial charge on any atom is -0.353 e. The third kappa shape index (κ3) is 4.12. The maximum atomic E-state index is 12.8. The van der Waals surface area contributed by atoms with Crippen molar-refractivity contribution < 1.29 is 26.3 Å². The predicted octanol–water partition coefficient (Wildman–Crippen LogP) is 5.06. The van der Waals surface area contributed by atoms with Crippen LogP contribution in [0.4, 0.5) is 26.3 Å². The molecule has 1 aliphatic carbocycles. The van der Waals surface area contributed by atoms with Crippen molar-refractivity contribution in [1.82, 2.24) is 10.2 Å². The number of nitrogens with zero attached hydrogens (tertiary/aromatic N) is 1. The van der Waals surface area contributed by atoms with Gasteiger partial charge in [-0.05, 0) is 30.6 Å². The highest BCUT2D eigenvalue weighted by Crippen LogP contribution is 2.39. The van der Waals surface area contributed by atoms with Gasteiger partial charge in [0.25, 0.3) is 0 Å². The van der Waals surface area contributed by atoms with Crippen LogP contribution in [0, 0.1) is 0 Å². The Balaban J connectivity index is 2.34. The van der Waals surface area contributed by atoms with E-state index >= 15 is 0 Å². The first-order valence-electron chi connectivity index (χ1n) is 7.38. The molecule has 0 heterocycles. The second-order valence-electron chi connectivity index (χ2n) is 5.71. The van der Waals surface area contributed by atoms with Gasteiger partial charge in [-0.2, -0.15) is 4.90 Å². The first kappa shape index (κ1) is 18.8. The Labute approximate surface area is 140 Å². The monoisotopic (exact) mass is 370 g/mol. The number of rotatable bonds is 2. The van der Waals surface area contributed by atoms with Crippen molar-refractivity contribution in [3.8, 4) is 0 Å². The van der Waals surface area contributed by atoms with E-state index in [9.17, 15) is 26.3 Å². The van der Waals surface area contributed by atoms with Gasteiger partial charge in [-0.15, -0.1) is 26.3 Å². The molecule has 0 saturated heterocycles. The highest BCUT2D eigenvalue weighted by molar-refractivity contribution is 7.80. The molecule has 134 valence electrons. The summed E-state index contributed by atoms with van der Waals surface area (Å²) in [5.74, 6) is 0. The molecule has 0 atom stereocenters. The SMILES string of the molecule is FC(F)(F)N(C(=S)NC1(c2ccccc2)CCCCC1)C(F)(F)F. The zero-order chi connectivity index (χ0) is 18.0. The Bertz CT molecular complexity index is 550. The summed E-state index contributed by atoms with van der Waals surface area (Å²) in [6.07, 6.45) is -8.18. The van der Waals surface area contributed by atoms with E-state index in [4.69, 9.17) is 0 Å². The number of nitrogens with one attached hydrogen (secondary N) is 1. The smallest absolute Gasteiger partial charge is 0.353 e. The standard InChI is InChI=1S/C15H16F6N2S/c16-14(17,18)23(15(19,20)21)12(24)22-13(9-5-2-6-10-13)11-7-3-1-4-8-11/h1,3-4,7-8H,2,5-6,9-10H2,(H,22,24). The summed E-state index contributed by atoms with van der Waals surface area (Å²) in [6, 6.07) is 8.50. The minimum absolute atomic E-state index is 0.417. The lowest BCUT2D eigenvalue weighted by molar-refractivity contribution is -0.343. The van der Waals surface area contributed by atoms with E-state index in [2.05, 4.69) is 17.5 Å². The fraction of sp³-hybridized carbons (Fsp3) is 0.533. The third-order valence-electron chi connectivity index (χ3n) is 4.09. The normalized spacial score (nSPS) is 18.1. The first-order valence-corrected chi connectivity index (χ1v) is 7.78. The van der Waals surface area contributed by atoms with Crippen molar-refractivity contribution >= 4 is 17.3 Å². The quantitative estimate of drug-likeness (QED) is 0.445. The van der Waals surface area contributed by atoms with Gasteiger partial charge in [0, 0.05) is 0 Å². The summed E-state index contributed by atoms with van der Waals surface area (Å²) < 4.78 is 77.0. The molecular weight excluding hydrogens is 354 g/mol. The molecule has 1 aliphatic rings. The third-order valence-corrected chi connectivity index (χ3v) is 4.37. The van der Waals surface area contributed by atoms with E-state index in [1.807, 2.05) is 0 Å². The van der Waals surface area contributed by atoms with Crippen LogP contribution in [-0.4, -0.2) is 22.6 Å². The lowest BCUT2D eigenvalue weighted by atomic mass is 9.76. The largest absolute Gasteiger partial charge is 0.493 e. The number of hydrogen-bond acceptors (Lipinski definition) is 1. The molecule has 24 heavy (non-hydrogen) atoms. The Hall–Kier alpha value is -1.51. The maximum Gasteiger partial charge on any atom is 0.493 e. The fourth-order valence-corrected chi connectivity index (χ4v) is 3.44. The van der Waals surface area contributed by atoms with Crippen LogP contribution in [-0.2, 0) is 5.54 Å². The van der Waals surface area contributed by atoms with Crippen LogP contribution in [0.1, 0.15) is 37.7 Å². The van der Waals surface area contributed by atoms with Crippen LogP contribution in [0.2, 0.25) is 0 Å². The molecule has 0 radical (unpaired) electrons. The van der Waals surface area contributed by atoms with Gasteiger partial charge in [0.05, 0.1) is 5.54 Å². The second kappa shape index (κ2) is 6.78. The fourth-order valence-electron chi connectivity index (χ4n) is 3.03. The molecule has 0 bridgehead atoms. The number of hydrogen-bond donors (Lipinski definition) is 1. The molecule has 0 spiro atoms. The summed E-state index contributed by atoms with van der Waals surface area (Å²) in [7, 11) is 0. The number of benzene rings is 1. The maximum absolute atomic E-state index is 12.8. The topological polar surface area (TPSA) is 15.3 Å². The average molecular weight is 370 g/mol. The van der Waals surface area contributed by atoms with Gasteiger partial charge in [0.15, 0.2) is 5.11 Å². The summed E-state index contributed by atoms with van der Waals surface area (Å²) in [4.78, 5) is -1.64. The zero-order valence-corrected chi connectivity index (χ0v) is 13.4. The molecule has 1 aromatic rings. The van der Waals surface area contributed by atoms with Crippen LogP contribution < -0.4 is 5.32 Å². The molecule has 9 heteroatoms. The second-order valence-corrected chi connectivity index (χ2v) is 6.10. The minimum atomic E-state index is -5.64. The molecule has 1 saturated carbocycles. The Morgan fingerprint density at radius 2 is 1.42 bits per heavy atom. The Morgan fingerprint density at radius 1 is 0.917 bits per heavy atom.